The second kappa shape index (κ2) is 4.92. The molecule has 112 valence electrons. The minimum Gasteiger partial charge on any atom is -0.494 e. The molecule has 3 aromatic rings. The van der Waals surface area contributed by atoms with Crippen molar-refractivity contribution in [2.75, 3.05) is 0 Å². The number of pyridine rings is 2. The van der Waals surface area contributed by atoms with E-state index in [1.165, 1.54) is 24.4 Å². The van der Waals surface area contributed by atoms with Gasteiger partial charge in [0.2, 0.25) is 21.1 Å². The first-order chi connectivity index (χ1) is 10.4. The molecule has 3 rings (SSSR count). The van der Waals surface area contributed by atoms with Gasteiger partial charge in [0.15, 0.2) is 4.90 Å². The Balaban J connectivity index is 2.37. The predicted octanol–water partition coefficient (Wildman–Crippen LogP) is 1.60. The third-order valence-electron chi connectivity index (χ3n) is 3.09. The summed E-state index contributed by atoms with van der Waals surface area (Å²) in [6, 6.07) is 7.05. The van der Waals surface area contributed by atoms with Crippen LogP contribution >= 0.6 is 0 Å². The molecule has 22 heavy (non-hydrogen) atoms. The van der Waals surface area contributed by atoms with Crippen molar-refractivity contribution in [1.29, 1.82) is 0 Å². The van der Waals surface area contributed by atoms with Gasteiger partial charge in [-0.25, -0.2) is 17.8 Å². The molecule has 2 heterocycles. The largest absolute Gasteiger partial charge is 0.494 e. The van der Waals surface area contributed by atoms with E-state index in [4.69, 9.17) is 0 Å². The highest BCUT2D eigenvalue weighted by Gasteiger charge is 2.27. The molecule has 0 saturated carbocycles. The summed E-state index contributed by atoms with van der Waals surface area (Å²) in [5, 5.41) is 9.90. The molecular formula is C14H9FN2O4S. The van der Waals surface area contributed by atoms with Gasteiger partial charge in [-0.15, -0.1) is 0 Å². The molecule has 0 fully saturated rings. The van der Waals surface area contributed by atoms with Crippen molar-refractivity contribution >= 4 is 20.9 Å². The van der Waals surface area contributed by atoms with E-state index < -0.39 is 36.8 Å². The number of hydrogen-bond donors (Lipinski definition) is 2. The maximum absolute atomic E-state index is 13.2. The summed E-state index contributed by atoms with van der Waals surface area (Å²) in [5.41, 5.74) is -0.841. The average molecular weight is 320 g/mol. The number of halogens is 1. The van der Waals surface area contributed by atoms with Gasteiger partial charge in [-0.3, -0.25) is 4.79 Å². The highest BCUT2D eigenvalue weighted by Crippen LogP contribution is 2.26. The van der Waals surface area contributed by atoms with Gasteiger partial charge < -0.3 is 10.1 Å². The Morgan fingerprint density at radius 2 is 1.95 bits per heavy atom. The van der Waals surface area contributed by atoms with Crippen molar-refractivity contribution in [3.05, 3.63) is 58.6 Å². The lowest BCUT2D eigenvalue weighted by molar-refractivity contribution is 0.437. The second-order valence-corrected chi connectivity index (χ2v) is 6.38. The first-order valence-electron chi connectivity index (χ1n) is 6.12. The SMILES string of the molecule is O=c1c(S(=O)(=O)c2cccc(F)c2)c(O)[nH]c2ncccc12. The summed E-state index contributed by atoms with van der Waals surface area (Å²) in [4.78, 5) is 17.3. The smallest absolute Gasteiger partial charge is 0.215 e. The first-order valence-corrected chi connectivity index (χ1v) is 7.60. The number of fused-ring (bicyclic) bond motifs is 1. The molecule has 0 bridgehead atoms. The van der Waals surface area contributed by atoms with Gasteiger partial charge in [0.1, 0.15) is 11.5 Å². The number of hydrogen-bond acceptors (Lipinski definition) is 5. The summed E-state index contributed by atoms with van der Waals surface area (Å²) < 4.78 is 38.3. The number of nitrogens with zero attached hydrogens (tertiary/aromatic N) is 1. The van der Waals surface area contributed by atoms with Crippen LogP contribution in [0.3, 0.4) is 0 Å². The van der Waals surface area contributed by atoms with E-state index in [1.807, 2.05) is 0 Å². The van der Waals surface area contributed by atoms with Crippen LogP contribution in [0, 0.1) is 5.82 Å². The van der Waals surface area contributed by atoms with Crippen molar-refractivity contribution in [2.24, 2.45) is 0 Å². The van der Waals surface area contributed by atoms with Gasteiger partial charge in [-0.2, -0.15) is 0 Å². The normalized spacial score (nSPS) is 11.7. The van der Waals surface area contributed by atoms with Crippen LogP contribution in [0.1, 0.15) is 0 Å². The Kier molecular flexibility index (Phi) is 3.18. The molecule has 0 aliphatic rings. The van der Waals surface area contributed by atoms with Crippen LogP contribution in [0.25, 0.3) is 11.0 Å². The van der Waals surface area contributed by atoms with E-state index in [-0.39, 0.29) is 11.0 Å². The lowest BCUT2D eigenvalue weighted by atomic mass is 10.3. The Morgan fingerprint density at radius 1 is 1.18 bits per heavy atom. The first kappa shape index (κ1) is 14.2. The lowest BCUT2D eigenvalue weighted by Crippen LogP contribution is -2.17. The van der Waals surface area contributed by atoms with Crippen molar-refractivity contribution in [2.45, 2.75) is 9.79 Å². The number of H-pyrrole nitrogens is 1. The molecule has 1 aromatic carbocycles. The summed E-state index contributed by atoms with van der Waals surface area (Å²) in [6.45, 7) is 0. The number of nitrogens with one attached hydrogen (secondary N) is 1. The molecule has 0 aliphatic heterocycles. The molecule has 6 nitrogen and oxygen atoms in total. The van der Waals surface area contributed by atoms with Crippen molar-refractivity contribution in [3.63, 3.8) is 0 Å². The van der Waals surface area contributed by atoms with Gasteiger partial charge in [-0.05, 0) is 30.3 Å². The zero-order valence-electron chi connectivity index (χ0n) is 10.9. The zero-order chi connectivity index (χ0) is 15.9. The van der Waals surface area contributed by atoms with Crippen LogP contribution < -0.4 is 5.43 Å². The molecule has 8 heteroatoms. The van der Waals surface area contributed by atoms with Crippen molar-refractivity contribution < 1.29 is 17.9 Å². The standard InChI is InChI=1S/C14H9FN2O4S/c15-8-3-1-4-9(7-8)22(20,21)12-11(18)10-5-2-6-16-13(10)17-14(12)19/h1-7H,(H2,16,17,18,19). The third kappa shape index (κ3) is 2.13. The highest BCUT2D eigenvalue weighted by molar-refractivity contribution is 7.91. The Hall–Kier alpha value is -2.74. The molecule has 0 unspecified atom stereocenters. The number of aromatic amines is 1. The Morgan fingerprint density at radius 3 is 2.68 bits per heavy atom. The number of aromatic nitrogens is 2. The van der Waals surface area contributed by atoms with E-state index in [2.05, 4.69) is 9.97 Å². The summed E-state index contributed by atoms with van der Waals surface area (Å²) >= 11 is 0. The minimum atomic E-state index is -4.38. The highest BCUT2D eigenvalue weighted by atomic mass is 32.2. The number of rotatable bonds is 2. The van der Waals surface area contributed by atoms with Gasteiger partial charge in [-0.1, -0.05) is 6.07 Å². The van der Waals surface area contributed by atoms with Crippen LogP contribution in [-0.2, 0) is 9.84 Å². The monoisotopic (exact) mass is 320 g/mol. The predicted molar refractivity (Wildman–Crippen MR) is 75.9 cm³/mol. The summed E-state index contributed by atoms with van der Waals surface area (Å²) in [7, 11) is -4.38. The lowest BCUT2D eigenvalue weighted by Gasteiger charge is -2.07. The van der Waals surface area contributed by atoms with Crippen molar-refractivity contribution in [3.8, 4) is 5.88 Å². The molecule has 2 N–H and O–H groups in total. The quantitative estimate of drug-likeness (QED) is 0.747. The van der Waals surface area contributed by atoms with Crippen LogP contribution in [0.5, 0.6) is 5.88 Å². The van der Waals surface area contributed by atoms with E-state index >= 15 is 0 Å². The Labute approximate surface area is 123 Å². The van der Waals surface area contributed by atoms with Gasteiger partial charge in [0, 0.05) is 6.20 Å². The van der Waals surface area contributed by atoms with Crippen LogP contribution in [0.4, 0.5) is 4.39 Å². The van der Waals surface area contributed by atoms with E-state index in [0.717, 1.165) is 18.2 Å². The topological polar surface area (TPSA) is 100 Å². The van der Waals surface area contributed by atoms with E-state index in [1.54, 1.807) is 0 Å². The molecule has 0 atom stereocenters. The molecule has 0 aliphatic carbocycles. The van der Waals surface area contributed by atoms with Crippen LogP contribution in [-0.4, -0.2) is 23.5 Å². The average Bonchev–Trinajstić information content (AvgIpc) is 2.47. The molecule has 0 amide bonds. The molecule has 2 aromatic heterocycles. The zero-order valence-corrected chi connectivity index (χ0v) is 11.8. The number of sulfone groups is 1. The van der Waals surface area contributed by atoms with Crippen molar-refractivity contribution in [1.82, 2.24) is 9.97 Å². The van der Waals surface area contributed by atoms with E-state index in [0.29, 0.717) is 0 Å². The van der Waals surface area contributed by atoms with Gasteiger partial charge in [0.05, 0.1) is 10.3 Å². The number of aromatic hydroxyl groups is 1. The van der Waals surface area contributed by atoms with Gasteiger partial charge in [0.25, 0.3) is 0 Å². The maximum atomic E-state index is 13.2. The second-order valence-electron chi connectivity index (χ2n) is 4.49. The fourth-order valence-electron chi connectivity index (χ4n) is 2.09. The molecule has 0 radical (unpaired) electrons. The summed E-state index contributed by atoms with van der Waals surface area (Å²) in [5.74, 6) is -1.60. The molecule has 0 saturated heterocycles. The van der Waals surface area contributed by atoms with Crippen LogP contribution in [0.15, 0.2) is 57.2 Å². The number of benzene rings is 1. The van der Waals surface area contributed by atoms with E-state index in [9.17, 15) is 22.7 Å². The fraction of sp³-hybridized carbons (Fsp3) is 0. The summed E-state index contributed by atoms with van der Waals surface area (Å²) in [6.07, 6.45) is 1.39. The molecular weight excluding hydrogens is 311 g/mol. The fourth-order valence-corrected chi connectivity index (χ4v) is 3.51. The maximum Gasteiger partial charge on any atom is 0.215 e. The molecule has 0 spiro atoms. The Bertz CT molecular complexity index is 1040. The van der Waals surface area contributed by atoms with Gasteiger partial charge >= 0.3 is 0 Å². The minimum absolute atomic E-state index is 0.00952. The van der Waals surface area contributed by atoms with Crippen LogP contribution in [0.2, 0.25) is 0 Å². The third-order valence-corrected chi connectivity index (χ3v) is 4.88.